The van der Waals surface area contributed by atoms with Gasteiger partial charge in [0, 0.05) is 10.9 Å². The molecule has 172 valence electrons. The van der Waals surface area contributed by atoms with Crippen LogP contribution in [0.3, 0.4) is 0 Å². The Morgan fingerprint density at radius 3 is 2.42 bits per heavy atom. The molecule has 0 aliphatic heterocycles. The van der Waals surface area contributed by atoms with Crippen LogP contribution in [0.5, 0.6) is 0 Å². The summed E-state index contributed by atoms with van der Waals surface area (Å²) in [6.45, 7) is 2.20. The molecule has 0 unspecified atom stereocenters. The van der Waals surface area contributed by atoms with Crippen LogP contribution in [0.25, 0.3) is 59.7 Å². The molecule has 4 heteroatoms. The smallest absolute Gasteiger partial charge is 0.236 e. The van der Waals surface area contributed by atoms with Gasteiger partial charge in [0.05, 0.1) is 22.8 Å². The molecule has 0 atom stereocenters. The molecule has 0 fully saturated rings. The monoisotopic (exact) mass is 482 g/mol. The number of fused-ring (bicyclic) bond motifs is 3. The zero-order valence-electron chi connectivity index (χ0n) is 20.1. The molecule has 0 N–H and O–H groups in total. The molecule has 0 bridgehead atoms. The average molecular weight is 483 g/mol. The molecular formula is C32H24N3S+. The van der Waals surface area contributed by atoms with Crippen LogP contribution in [0.15, 0.2) is 109 Å². The van der Waals surface area contributed by atoms with Gasteiger partial charge in [0.15, 0.2) is 11.0 Å². The van der Waals surface area contributed by atoms with Crippen LogP contribution in [0, 0.1) is 6.92 Å². The first-order chi connectivity index (χ1) is 17.7. The summed E-state index contributed by atoms with van der Waals surface area (Å²) in [5.41, 5.74) is 8.23. The second-order valence-corrected chi connectivity index (χ2v) is 10.3. The lowest BCUT2D eigenvalue weighted by molar-refractivity contribution is -0.633. The van der Waals surface area contributed by atoms with E-state index in [-0.39, 0.29) is 0 Å². The summed E-state index contributed by atoms with van der Waals surface area (Å²) in [5.74, 6) is 1.17. The topological polar surface area (TPSA) is 21.7 Å². The van der Waals surface area contributed by atoms with Crippen LogP contribution >= 0.6 is 11.3 Å². The molecule has 7 rings (SSSR count). The number of imidazole rings is 1. The molecule has 3 nitrogen and oxygen atoms in total. The molecule has 0 spiro atoms. The lowest BCUT2D eigenvalue weighted by Crippen LogP contribution is -2.30. The molecule has 0 amide bonds. The second kappa shape index (κ2) is 8.14. The molecular weight excluding hydrogens is 458 g/mol. The second-order valence-electron chi connectivity index (χ2n) is 9.22. The van der Waals surface area contributed by atoms with Gasteiger partial charge in [0.25, 0.3) is 5.82 Å². The number of aromatic nitrogens is 3. The van der Waals surface area contributed by atoms with Gasteiger partial charge in [0.1, 0.15) is 10.7 Å². The highest BCUT2D eigenvalue weighted by Gasteiger charge is 2.28. The molecule has 7 aromatic rings. The van der Waals surface area contributed by atoms with Crippen molar-refractivity contribution >= 4 is 43.4 Å². The van der Waals surface area contributed by atoms with Crippen molar-refractivity contribution < 1.29 is 4.57 Å². The Morgan fingerprint density at radius 2 is 1.53 bits per heavy atom. The third kappa shape index (κ3) is 3.19. The van der Waals surface area contributed by atoms with Gasteiger partial charge in [0.2, 0.25) is 0 Å². The van der Waals surface area contributed by atoms with Crippen molar-refractivity contribution in [2.45, 2.75) is 6.92 Å². The zero-order valence-corrected chi connectivity index (χ0v) is 21.0. The number of para-hydroxylation sites is 2. The molecule has 2 heterocycles. The van der Waals surface area contributed by atoms with E-state index in [1.807, 2.05) is 6.07 Å². The Balaban J connectivity index is 1.54. The predicted molar refractivity (Wildman–Crippen MR) is 151 cm³/mol. The summed E-state index contributed by atoms with van der Waals surface area (Å²) in [7, 11) is 2.17. The fourth-order valence-electron chi connectivity index (χ4n) is 5.29. The maximum Gasteiger partial charge on any atom is 0.295 e. The molecule has 36 heavy (non-hydrogen) atoms. The lowest BCUT2D eigenvalue weighted by Gasteiger charge is -2.09. The molecule has 0 aliphatic rings. The van der Waals surface area contributed by atoms with Crippen LogP contribution in [0.2, 0.25) is 0 Å². The van der Waals surface area contributed by atoms with E-state index in [9.17, 15) is 0 Å². The van der Waals surface area contributed by atoms with Gasteiger partial charge in [-0.2, -0.15) is 4.57 Å². The molecule has 5 aromatic carbocycles. The fourth-order valence-corrected chi connectivity index (χ4v) is 6.28. The average Bonchev–Trinajstić information content (AvgIpc) is 3.46. The Morgan fingerprint density at radius 1 is 0.778 bits per heavy atom. The maximum atomic E-state index is 4.97. The van der Waals surface area contributed by atoms with Crippen molar-refractivity contribution in [3.8, 4) is 27.6 Å². The summed E-state index contributed by atoms with van der Waals surface area (Å²) in [5, 5.41) is 3.54. The van der Waals surface area contributed by atoms with Crippen molar-refractivity contribution in [2.75, 3.05) is 0 Å². The Hall–Kier alpha value is -4.28. The molecule has 0 saturated heterocycles. The third-order valence-corrected chi connectivity index (χ3v) is 8.08. The molecule has 0 saturated carbocycles. The number of nitrogens with zero attached hydrogens (tertiary/aromatic N) is 3. The summed E-state index contributed by atoms with van der Waals surface area (Å²) >= 11 is 1.76. The summed E-state index contributed by atoms with van der Waals surface area (Å²) in [4.78, 5) is 4.97. The zero-order chi connectivity index (χ0) is 24.2. The predicted octanol–water partition coefficient (Wildman–Crippen LogP) is 7.86. The van der Waals surface area contributed by atoms with Gasteiger partial charge in [-0.05, 0) is 48.2 Å². The van der Waals surface area contributed by atoms with Crippen molar-refractivity contribution in [3.63, 3.8) is 0 Å². The van der Waals surface area contributed by atoms with Gasteiger partial charge in [-0.25, -0.2) is 9.55 Å². The van der Waals surface area contributed by atoms with E-state index in [4.69, 9.17) is 4.98 Å². The van der Waals surface area contributed by atoms with Crippen LogP contribution < -0.4 is 4.57 Å². The summed E-state index contributed by atoms with van der Waals surface area (Å²) in [6.07, 6.45) is 0. The minimum atomic E-state index is 1.05. The first-order valence-corrected chi connectivity index (χ1v) is 13.0. The Bertz CT molecular complexity index is 1910. The number of rotatable bonds is 3. The SMILES string of the molecule is Cc1cc2nc(-c3ccccc3)sc2cc1-c1n(-c2cccc3ccccc23)c2ccccc2[n+]1C. The van der Waals surface area contributed by atoms with Gasteiger partial charge in [-0.15, -0.1) is 11.3 Å². The van der Waals surface area contributed by atoms with Crippen LogP contribution in [0.1, 0.15) is 5.56 Å². The minimum absolute atomic E-state index is 1.05. The minimum Gasteiger partial charge on any atom is -0.236 e. The number of hydrogen-bond donors (Lipinski definition) is 0. The highest BCUT2D eigenvalue weighted by atomic mass is 32.1. The number of benzene rings is 5. The van der Waals surface area contributed by atoms with Crippen molar-refractivity contribution in [1.82, 2.24) is 9.55 Å². The van der Waals surface area contributed by atoms with E-state index in [0.717, 1.165) is 16.1 Å². The fraction of sp³-hybridized carbons (Fsp3) is 0.0625. The number of hydrogen-bond acceptors (Lipinski definition) is 2. The van der Waals surface area contributed by atoms with E-state index in [1.165, 1.54) is 49.1 Å². The van der Waals surface area contributed by atoms with Crippen molar-refractivity contribution in [2.24, 2.45) is 7.05 Å². The van der Waals surface area contributed by atoms with Gasteiger partial charge < -0.3 is 0 Å². The highest BCUT2D eigenvalue weighted by Crippen LogP contribution is 2.37. The number of thiazole rings is 1. The summed E-state index contributed by atoms with van der Waals surface area (Å²) < 4.78 is 5.94. The van der Waals surface area contributed by atoms with E-state index in [1.54, 1.807) is 11.3 Å². The van der Waals surface area contributed by atoms with E-state index in [2.05, 4.69) is 126 Å². The Kier molecular flexibility index (Phi) is 4.76. The van der Waals surface area contributed by atoms with Gasteiger partial charge in [-0.1, -0.05) is 78.9 Å². The maximum absolute atomic E-state index is 4.97. The van der Waals surface area contributed by atoms with Crippen molar-refractivity contribution in [1.29, 1.82) is 0 Å². The van der Waals surface area contributed by atoms with Crippen LogP contribution in [0.4, 0.5) is 0 Å². The number of aryl methyl sites for hydroxylation is 2. The quantitative estimate of drug-likeness (QED) is 0.235. The van der Waals surface area contributed by atoms with Crippen LogP contribution in [-0.4, -0.2) is 9.55 Å². The lowest BCUT2D eigenvalue weighted by atomic mass is 10.1. The van der Waals surface area contributed by atoms with E-state index < -0.39 is 0 Å². The van der Waals surface area contributed by atoms with Gasteiger partial charge >= 0.3 is 0 Å². The van der Waals surface area contributed by atoms with Crippen molar-refractivity contribution in [3.05, 3.63) is 115 Å². The van der Waals surface area contributed by atoms with E-state index in [0.29, 0.717) is 0 Å². The first kappa shape index (κ1) is 21.0. The first-order valence-electron chi connectivity index (χ1n) is 12.1. The van der Waals surface area contributed by atoms with E-state index >= 15 is 0 Å². The Labute approximate surface area is 213 Å². The largest absolute Gasteiger partial charge is 0.295 e. The standard InChI is InChI=1S/C32H24N3S/c1-21-19-26-30(36-31(33-26)23-12-4-3-5-13-23)20-25(21)32-34(2)28-16-8-9-17-29(28)35(32)27-18-10-14-22-11-6-7-15-24(22)27/h3-20H,1-2H3/q+1. The normalized spacial score (nSPS) is 11.6. The highest BCUT2D eigenvalue weighted by molar-refractivity contribution is 7.21. The summed E-state index contributed by atoms with van der Waals surface area (Å²) in [6, 6.07) is 38.9. The molecule has 2 aromatic heterocycles. The van der Waals surface area contributed by atoms with Crippen LogP contribution in [-0.2, 0) is 7.05 Å². The third-order valence-electron chi connectivity index (χ3n) is 7.02. The van der Waals surface area contributed by atoms with Gasteiger partial charge in [-0.3, -0.25) is 0 Å². The molecule has 0 radical (unpaired) electrons. The molecule has 0 aliphatic carbocycles.